The topological polar surface area (TPSA) is 80.6 Å². The van der Waals surface area contributed by atoms with Crippen LogP contribution in [0.15, 0.2) is 35.5 Å². The number of aryl methyl sites for hydroxylation is 1. The molecule has 5 atom stereocenters. The van der Waals surface area contributed by atoms with Gasteiger partial charge in [-0.15, -0.1) is 0 Å². The Labute approximate surface area is 233 Å². The number of nitrogens with zero attached hydrogens (tertiary/aromatic N) is 1. The normalized spacial score (nSPS) is 30.0. The third-order valence-corrected chi connectivity index (χ3v) is 11.0. The van der Waals surface area contributed by atoms with Crippen LogP contribution in [0.3, 0.4) is 0 Å². The molecule has 1 aromatic carbocycles. The van der Waals surface area contributed by atoms with Crippen molar-refractivity contribution in [1.29, 1.82) is 0 Å². The highest BCUT2D eigenvalue weighted by Crippen LogP contribution is 2.64. The number of esters is 1. The number of fused-ring (bicyclic) bond motifs is 4. The number of hydrogen-bond acceptors (Lipinski definition) is 4. The summed E-state index contributed by atoms with van der Waals surface area (Å²) in [5.74, 6) is 1.49. The second-order valence-corrected chi connectivity index (χ2v) is 13.3. The fourth-order valence-electron chi connectivity index (χ4n) is 8.83. The number of allylic oxidation sites excluding steroid dienone is 2. The number of carbonyl (C=O) groups is 2. The summed E-state index contributed by atoms with van der Waals surface area (Å²) in [5.41, 5.74) is 5.53. The van der Waals surface area contributed by atoms with Crippen molar-refractivity contribution >= 4 is 28.5 Å². The summed E-state index contributed by atoms with van der Waals surface area (Å²) in [7, 11) is 3.27. The van der Waals surface area contributed by atoms with Crippen LogP contribution in [-0.2, 0) is 16.6 Å². The zero-order valence-electron chi connectivity index (χ0n) is 24.6. The molecule has 0 bridgehead atoms. The second-order valence-electron chi connectivity index (χ2n) is 13.3. The van der Waals surface area contributed by atoms with E-state index in [1.807, 2.05) is 29.8 Å². The highest BCUT2D eigenvalue weighted by molar-refractivity contribution is 6.06. The second kappa shape index (κ2) is 10.4. The zero-order valence-corrected chi connectivity index (χ0v) is 24.6. The van der Waals surface area contributed by atoms with E-state index < -0.39 is 0 Å². The molecule has 0 spiro atoms. The molecule has 6 nitrogen and oxygen atoms in total. The van der Waals surface area contributed by atoms with E-state index in [-0.39, 0.29) is 28.8 Å². The molecule has 2 N–H and O–H groups in total. The molecule has 0 radical (unpaired) electrons. The van der Waals surface area contributed by atoms with Crippen molar-refractivity contribution in [3.8, 4) is 0 Å². The van der Waals surface area contributed by atoms with Gasteiger partial charge in [0.15, 0.2) is 0 Å². The van der Waals surface area contributed by atoms with Gasteiger partial charge in [0, 0.05) is 36.3 Å². The fraction of sp³-hybridized carbons (Fsp3) is 0.636. The first-order valence-corrected chi connectivity index (χ1v) is 14.8. The Hall–Kier alpha value is -2.60. The molecule has 3 aliphatic rings. The summed E-state index contributed by atoms with van der Waals surface area (Å²) in [6, 6.07) is 5.68. The van der Waals surface area contributed by atoms with Crippen LogP contribution in [0.5, 0.6) is 0 Å². The Kier molecular flexibility index (Phi) is 7.47. The van der Waals surface area contributed by atoms with Gasteiger partial charge in [0.1, 0.15) is 0 Å². The molecule has 39 heavy (non-hydrogen) atoms. The number of anilines is 1. The number of amides is 1. The molecule has 3 aliphatic carbocycles. The van der Waals surface area contributed by atoms with Crippen molar-refractivity contribution in [2.45, 2.75) is 91.6 Å². The lowest BCUT2D eigenvalue weighted by atomic mass is 9.43. The molecule has 1 amide bonds. The summed E-state index contributed by atoms with van der Waals surface area (Å²) in [6.07, 6.45) is 10.7. The predicted molar refractivity (Wildman–Crippen MR) is 156 cm³/mol. The standard InChI is InChI=1S/C33H46N2O4/c1-20-10-13-26-23(12-15-28-32(2,3)29(36)16-17-33(26,28)4)22(20)8-7-9-30(37)34-21-11-14-27-24(18-21)25(19-35(27)5)31(38)39-6/h11,14,18-19,23,26,28-29,36H,7-10,12-13,15-17H2,1-6H3,(H,34,37)/t23-,26-,28-,29-,33+/m0/s1. The van der Waals surface area contributed by atoms with E-state index in [4.69, 9.17) is 4.74 Å². The van der Waals surface area contributed by atoms with Gasteiger partial charge in [-0.2, -0.15) is 0 Å². The number of carbonyl (C=O) groups excluding carboxylic acids is 2. The number of nitrogens with one attached hydrogen (secondary N) is 1. The van der Waals surface area contributed by atoms with Gasteiger partial charge in [-0.1, -0.05) is 31.9 Å². The van der Waals surface area contributed by atoms with Crippen LogP contribution < -0.4 is 5.32 Å². The smallest absolute Gasteiger partial charge is 0.340 e. The van der Waals surface area contributed by atoms with Crippen molar-refractivity contribution < 1.29 is 19.4 Å². The lowest BCUT2D eigenvalue weighted by molar-refractivity contribution is -0.149. The molecular weight excluding hydrogens is 488 g/mol. The number of aromatic nitrogens is 1. The van der Waals surface area contributed by atoms with Crippen LogP contribution in [-0.4, -0.2) is 34.8 Å². The van der Waals surface area contributed by atoms with Crippen molar-refractivity contribution in [2.24, 2.45) is 35.6 Å². The van der Waals surface area contributed by atoms with E-state index in [0.717, 1.165) is 43.0 Å². The molecule has 2 aromatic rings. The zero-order chi connectivity index (χ0) is 28.1. The Morgan fingerprint density at radius 1 is 1.15 bits per heavy atom. The van der Waals surface area contributed by atoms with Gasteiger partial charge in [0.2, 0.25) is 5.91 Å². The summed E-state index contributed by atoms with van der Waals surface area (Å²) in [5, 5.41) is 14.6. The summed E-state index contributed by atoms with van der Waals surface area (Å²) >= 11 is 0. The Balaban J connectivity index is 1.23. The molecule has 0 unspecified atom stereocenters. The van der Waals surface area contributed by atoms with Crippen LogP contribution >= 0.6 is 0 Å². The maximum absolute atomic E-state index is 12.9. The lowest BCUT2D eigenvalue weighted by Gasteiger charge is -2.62. The monoisotopic (exact) mass is 534 g/mol. The average Bonchev–Trinajstić information content (AvgIpc) is 3.22. The molecule has 0 aliphatic heterocycles. The van der Waals surface area contributed by atoms with E-state index in [0.29, 0.717) is 35.4 Å². The van der Waals surface area contributed by atoms with Gasteiger partial charge in [0.25, 0.3) is 0 Å². The van der Waals surface area contributed by atoms with Crippen LogP contribution in [0, 0.1) is 28.6 Å². The van der Waals surface area contributed by atoms with Gasteiger partial charge < -0.3 is 19.7 Å². The minimum absolute atomic E-state index is 0.00852. The first kappa shape index (κ1) is 27.9. The van der Waals surface area contributed by atoms with Crippen LogP contribution in [0.25, 0.3) is 10.9 Å². The number of hydrogen-bond donors (Lipinski definition) is 2. The Morgan fingerprint density at radius 3 is 2.67 bits per heavy atom. The van der Waals surface area contributed by atoms with Crippen molar-refractivity contribution in [3.05, 3.63) is 41.1 Å². The Morgan fingerprint density at radius 2 is 1.92 bits per heavy atom. The number of ether oxygens (including phenoxy) is 1. The number of rotatable bonds is 6. The predicted octanol–water partition coefficient (Wildman–Crippen LogP) is 7.01. The Bertz CT molecular complexity index is 1300. The fourth-order valence-corrected chi connectivity index (χ4v) is 8.83. The van der Waals surface area contributed by atoms with Gasteiger partial charge >= 0.3 is 5.97 Å². The molecule has 2 saturated carbocycles. The largest absolute Gasteiger partial charge is 0.465 e. The van der Waals surface area contributed by atoms with Crippen molar-refractivity contribution in [3.63, 3.8) is 0 Å². The molecule has 1 aromatic heterocycles. The number of methoxy groups -OCH3 is 1. The lowest BCUT2D eigenvalue weighted by Crippen LogP contribution is -2.56. The molecule has 6 heteroatoms. The van der Waals surface area contributed by atoms with Gasteiger partial charge in [-0.3, -0.25) is 4.79 Å². The van der Waals surface area contributed by atoms with E-state index in [1.165, 1.54) is 26.4 Å². The number of benzene rings is 1. The highest BCUT2D eigenvalue weighted by Gasteiger charge is 2.58. The summed E-state index contributed by atoms with van der Waals surface area (Å²) < 4.78 is 6.82. The van der Waals surface area contributed by atoms with E-state index in [1.54, 1.807) is 17.3 Å². The average molecular weight is 535 g/mol. The minimum Gasteiger partial charge on any atom is -0.465 e. The summed E-state index contributed by atoms with van der Waals surface area (Å²) in [4.78, 5) is 25.1. The molecule has 2 fully saturated rings. The maximum atomic E-state index is 12.9. The van der Waals surface area contributed by atoms with Gasteiger partial charge in [-0.25, -0.2) is 4.79 Å². The van der Waals surface area contributed by atoms with Gasteiger partial charge in [0.05, 0.1) is 18.8 Å². The van der Waals surface area contributed by atoms with Crippen LogP contribution in [0.1, 0.15) is 95.8 Å². The first-order valence-electron chi connectivity index (χ1n) is 14.8. The molecule has 1 heterocycles. The maximum Gasteiger partial charge on any atom is 0.340 e. The number of aliphatic hydroxyl groups is 1. The third kappa shape index (κ3) is 4.83. The molecule has 0 saturated heterocycles. The molecule has 212 valence electrons. The molecule has 5 rings (SSSR count). The van der Waals surface area contributed by atoms with Crippen LogP contribution in [0.4, 0.5) is 5.69 Å². The van der Waals surface area contributed by atoms with Crippen LogP contribution in [0.2, 0.25) is 0 Å². The number of aliphatic hydroxyl groups excluding tert-OH is 1. The minimum atomic E-state index is -0.380. The van der Waals surface area contributed by atoms with Crippen molar-refractivity contribution in [2.75, 3.05) is 12.4 Å². The van der Waals surface area contributed by atoms with Crippen molar-refractivity contribution in [1.82, 2.24) is 4.57 Å². The summed E-state index contributed by atoms with van der Waals surface area (Å²) in [6.45, 7) is 9.40. The highest BCUT2D eigenvalue weighted by atomic mass is 16.5. The first-order chi connectivity index (χ1) is 18.5. The molecular formula is C33H46N2O4. The van der Waals surface area contributed by atoms with Gasteiger partial charge in [-0.05, 0) is 105 Å². The third-order valence-electron chi connectivity index (χ3n) is 11.0. The quantitative estimate of drug-likeness (QED) is 0.308. The SMILES string of the molecule is COC(=O)c1cn(C)c2ccc(NC(=O)CCCC3=C(C)CC[C@H]4[C@H]3CC[C@H]3C(C)(C)[C@@H](O)CC[C@]43C)cc12. The van der Waals surface area contributed by atoms with E-state index in [2.05, 4.69) is 33.0 Å². The van der Waals surface area contributed by atoms with E-state index in [9.17, 15) is 14.7 Å². The van der Waals surface area contributed by atoms with E-state index >= 15 is 0 Å².